The smallest absolute Gasteiger partial charge is 0.225 e. The summed E-state index contributed by atoms with van der Waals surface area (Å²) < 4.78 is 5.38. The number of piperidine rings is 1. The average Bonchev–Trinajstić information content (AvgIpc) is 3.27. The normalized spacial score (nSPS) is 26.1. The molecule has 1 N–H and O–H groups in total. The molecule has 0 radical (unpaired) electrons. The van der Waals surface area contributed by atoms with Gasteiger partial charge < -0.3 is 14.6 Å². The summed E-state index contributed by atoms with van der Waals surface area (Å²) in [5, 5.41) is 4.00. The van der Waals surface area contributed by atoms with Crippen molar-refractivity contribution in [1.29, 1.82) is 0 Å². The van der Waals surface area contributed by atoms with Gasteiger partial charge in [-0.2, -0.15) is 0 Å². The molecular weight excluding hydrogens is 288 g/mol. The van der Waals surface area contributed by atoms with Crippen LogP contribution in [0.1, 0.15) is 38.4 Å². The number of carbonyl (C=O) groups is 1. The van der Waals surface area contributed by atoms with E-state index in [1.807, 2.05) is 6.07 Å². The molecule has 1 aromatic rings. The van der Waals surface area contributed by atoms with Crippen molar-refractivity contribution in [2.24, 2.45) is 11.8 Å². The van der Waals surface area contributed by atoms with Crippen LogP contribution in [0.4, 0.5) is 0 Å². The van der Waals surface area contributed by atoms with Crippen LogP contribution >= 0.6 is 11.6 Å². The fourth-order valence-corrected chi connectivity index (χ4v) is 3.34. The Morgan fingerprint density at radius 2 is 2.24 bits per heavy atom. The zero-order valence-corrected chi connectivity index (χ0v) is 13.2. The summed E-state index contributed by atoms with van der Waals surface area (Å²) >= 11 is 5.79. The lowest BCUT2D eigenvalue weighted by Gasteiger charge is -2.39. The van der Waals surface area contributed by atoms with Crippen LogP contribution in [-0.4, -0.2) is 29.9 Å². The number of nitrogens with one attached hydrogen (secondary N) is 1. The highest BCUT2D eigenvalue weighted by molar-refractivity contribution is 6.28. The number of rotatable bonds is 5. The number of likely N-dealkylation sites (tertiary alicyclic amines) is 1. The second-order valence-electron chi connectivity index (χ2n) is 6.21. The fraction of sp³-hybridized carbons (Fsp3) is 0.688. The van der Waals surface area contributed by atoms with Gasteiger partial charge in [0.05, 0.1) is 6.54 Å². The van der Waals surface area contributed by atoms with Gasteiger partial charge in [0, 0.05) is 25.0 Å². The molecular formula is C16H23ClN2O2. The maximum Gasteiger partial charge on any atom is 0.225 e. The molecule has 116 valence electrons. The Bertz CT molecular complexity index is 498. The van der Waals surface area contributed by atoms with Crippen LogP contribution in [0.15, 0.2) is 16.5 Å². The minimum Gasteiger partial charge on any atom is -0.448 e. The predicted octanol–water partition coefficient (Wildman–Crippen LogP) is 3.06. The third-order valence-electron chi connectivity index (χ3n) is 4.66. The summed E-state index contributed by atoms with van der Waals surface area (Å²) in [5.41, 5.74) is 0. The van der Waals surface area contributed by atoms with Crippen LogP contribution in [-0.2, 0) is 11.3 Å². The Labute approximate surface area is 130 Å². The SMILES string of the molecule is CC[C@H]1CN(C(=O)C2CC2)CC[C@@H]1NCc1ccc(Cl)o1. The van der Waals surface area contributed by atoms with E-state index in [1.165, 1.54) is 0 Å². The van der Waals surface area contributed by atoms with E-state index in [-0.39, 0.29) is 0 Å². The molecule has 1 aromatic heterocycles. The van der Waals surface area contributed by atoms with E-state index in [2.05, 4.69) is 17.1 Å². The number of carbonyl (C=O) groups excluding carboxylic acids is 1. The van der Waals surface area contributed by atoms with Crippen molar-refractivity contribution in [3.8, 4) is 0 Å². The quantitative estimate of drug-likeness (QED) is 0.909. The lowest BCUT2D eigenvalue weighted by Crippen LogP contribution is -2.51. The summed E-state index contributed by atoms with van der Waals surface area (Å²) in [6, 6.07) is 4.12. The zero-order chi connectivity index (χ0) is 14.8. The van der Waals surface area contributed by atoms with Crippen molar-refractivity contribution in [2.45, 2.75) is 45.2 Å². The van der Waals surface area contributed by atoms with E-state index in [0.29, 0.717) is 35.5 Å². The van der Waals surface area contributed by atoms with Crippen LogP contribution in [0.3, 0.4) is 0 Å². The van der Waals surface area contributed by atoms with Crippen molar-refractivity contribution in [3.05, 3.63) is 23.1 Å². The van der Waals surface area contributed by atoms with Gasteiger partial charge in [0.15, 0.2) is 5.22 Å². The van der Waals surface area contributed by atoms with Crippen LogP contribution in [0.2, 0.25) is 5.22 Å². The number of furan rings is 1. The first-order valence-corrected chi connectivity index (χ1v) is 8.31. The molecule has 0 bridgehead atoms. The molecule has 2 heterocycles. The van der Waals surface area contributed by atoms with E-state index >= 15 is 0 Å². The fourth-order valence-electron chi connectivity index (χ4n) is 3.18. The average molecular weight is 311 g/mol. The van der Waals surface area contributed by atoms with Crippen molar-refractivity contribution in [1.82, 2.24) is 10.2 Å². The van der Waals surface area contributed by atoms with Gasteiger partial charge in [-0.1, -0.05) is 13.3 Å². The largest absolute Gasteiger partial charge is 0.448 e. The maximum atomic E-state index is 12.2. The first-order valence-electron chi connectivity index (χ1n) is 7.93. The lowest BCUT2D eigenvalue weighted by molar-refractivity contribution is -0.134. The van der Waals surface area contributed by atoms with Gasteiger partial charge in [-0.05, 0) is 48.9 Å². The first kappa shape index (κ1) is 14.9. The van der Waals surface area contributed by atoms with Crippen molar-refractivity contribution in [2.75, 3.05) is 13.1 Å². The van der Waals surface area contributed by atoms with E-state index in [9.17, 15) is 4.79 Å². The predicted molar refractivity (Wildman–Crippen MR) is 82.0 cm³/mol. The molecule has 0 unspecified atom stereocenters. The van der Waals surface area contributed by atoms with E-state index in [0.717, 1.165) is 44.5 Å². The lowest BCUT2D eigenvalue weighted by atomic mass is 9.89. The number of hydrogen-bond donors (Lipinski definition) is 1. The standard InChI is InChI=1S/C16H23ClN2O2/c1-2-11-10-19(16(20)12-3-4-12)8-7-14(11)18-9-13-5-6-15(17)21-13/h5-6,11-12,14,18H,2-4,7-10H2,1H3/t11-,14-/m0/s1. The molecule has 2 fully saturated rings. The van der Waals surface area contributed by atoms with Gasteiger partial charge in [-0.3, -0.25) is 4.79 Å². The molecule has 21 heavy (non-hydrogen) atoms. The molecule has 1 aliphatic carbocycles. The molecule has 3 rings (SSSR count). The van der Waals surface area contributed by atoms with Crippen LogP contribution in [0, 0.1) is 11.8 Å². The Morgan fingerprint density at radius 3 is 2.86 bits per heavy atom. The van der Waals surface area contributed by atoms with Crippen molar-refractivity contribution < 1.29 is 9.21 Å². The molecule has 1 amide bonds. The molecule has 4 nitrogen and oxygen atoms in total. The Balaban J connectivity index is 1.52. The summed E-state index contributed by atoms with van der Waals surface area (Å²) in [6.07, 6.45) is 4.29. The van der Waals surface area contributed by atoms with Crippen LogP contribution in [0.5, 0.6) is 0 Å². The van der Waals surface area contributed by atoms with Gasteiger partial charge in [-0.25, -0.2) is 0 Å². The van der Waals surface area contributed by atoms with Crippen molar-refractivity contribution in [3.63, 3.8) is 0 Å². The zero-order valence-electron chi connectivity index (χ0n) is 12.5. The van der Waals surface area contributed by atoms with E-state index in [1.54, 1.807) is 6.07 Å². The van der Waals surface area contributed by atoms with Gasteiger partial charge in [0.25, 0.3) is 0 Å². The molecule has 1 aliphatic heterocycles. The van der Waals surface area contributed by atoms with E-state index in [4.69, 9.17) is 16.0 Å². The summed E-state index contributed by atoms with van der Waals surface area (Å²) in [5.74, 6) is 2.10. The third-order valence-corrected chi connectivity index (χ3v) is 4.87. The highest BCUT2D eigenvalue weighted by atomic mass is 35.5. The topological polar surface area (TPSA) is 45.5 Å². The van der Waals surface area contributed by atoms with Gasteiger partial charge >= 0.3 is 0 Å². The minimum atomic E-state index is 0.331. The minimum absolute atomic E-state index is 0.331. The summed E-state index contributed by atoms with van der Waals surface area (Å²) in [6.45, 7) is 4.67. The molecule has 0 spiro atoms. The number of nitrogens with zero attached hydrogens (tertiary/aromatic N) is 1. The summed E-state index contributed by atoms with van der Waals surface area (Å²) in [4.78, 5) is 14.3. The van der Waals surface area contributed by atoms with Gasteiger partial charge in [0.1, 0.15) is 5.76 Å². The monoisotopic (exact) mass is 310 g/mol. The van der Waals surface area contributed by atoms with Gasteiger partial charge in [0.2, 0.25) is 5.91 Å². The van der Waals surface area contributed by atoms with Crippen LogP contribution < -0.4 is 5.32 Å². The van der Waals surface area contributed by atoms with E-state index < -0.39 is 0 Å². The van der Waals surface area contributed by atoms with Crippen LogP contribution in [0.25, 0.3) is 0 Å². The Hall–Kier alpha value is -1.00. The maximum absolute atomic E-state index is 12.2. The van der Waals surface area contributed by atoms with Crippen molar-refractivity contribution >= 4 is 17.5 Å². The molecule has 1 saturated heterocycles. The number of halogens is 1. The highest BCUT2D eigenvalue weighted by Gasteiger charge is 2.37. The third kappa shape index (κ3) is 3.61. The molecule has 1 saturated carbocycles. The molecule has 0 aromatic carbocycles. The molecule has 2 aliphatic rings. The summed E-state index contributed by atoms with van der Waals surface area (Å²) in [7, 11) is 0. The highest BCUT2D eigenvalue weighted by Crippen LogP contribution is 2.33. The molecule has 5 heteroatoms. The number of amides is 1. The second kappa shape index (κ2) is 6.41. The first-order chi connectivity index (χ1) is 10.2. The molecule has 2 atom stereocenters. The Kier molecular flexibility index (Phi) is 4.55. The Morgan fingerprint density at radius 1 is 1.43 bits per heavy atom. The number of hydrogen-bond acceptors (Lipinski definition) is 3. The second-order valence-corrected chi connectivity index (χ2v) is 6.58. The van der Waals surface area contributed by atoms with Gasteiger partial charge in [-0.15, -0.1) is 0 Å².